The Morgan fingerprint density at radius 1 is 1.36 bits per heavy atom. The van der Waals surface area contributed by atoms with E-state index in [9.17, 15) is 4.79 Å². The number of fused-ring (bicyclic) bond motifs is 1. The number of benzene rings is 1. The molecule has 3 aromatic heterocycles. The van der Waals surface area contributed by atoms with Crippen LogP contribution in [0.5, 0.6) is 0 Å². The average Bonchev–Trinajstić information content (AvgIpc) is 3.29. The van der Waals surface area contributed by atoms with Crippen molar-refractivity contribution < 1.29 is 9.90 Å². The lowest BCUT2D eigenvalue weighted by atomic mass is 10.1. The van der Waals surface area contributed by atoms with Crippen LogP contribution in [0.4, 0.5) is 15.7 Å². The Morgan fingerprint density at radius 2 is 2.21 bits per heavy atom. The van der Waals surface area contributed by atoms with Crippen molar-refractivity contribution >= 4 is 50.9 Å². The van der Waals surface area contributed by atoms with Gasteiger partial charge < -0.3 is 15.3 Å². The van der Waals surface area contributed by atoms with Crippen LogP contribution in [0.15, 0.2) is 42.7 Å². The number of nitrogens with zero attached hydrogens (tertiary/aromatic N) is 4. The molecule has 142 valence electrons. The third-order valence-corrected chi connectivity index (χ3v) is 5.30. The van der Waals surface area contributed by atoms with Gasteiger partial charge in [0.2, 0.25) is 0 Å². The predicted molar refractivity (Wildman–Crippen MR) is 109 cm³/mol. The highest BCUT2D eigenvalue weighted by Crippen LogP contribution is 2.32. The molecule has 0 fully saturated rings. The number of halogens is 1. The van der Waals surface area contributed by atoms with Gasteiger partial charge in [0.1, 0.15) is 0 Å². The Bertz CT molecular complexity index is 1160. The van der Waals surface area contributed by atoms with Gasteiger partial charge in [0.05, 0.1) is 22.8 Å². The zero-order valence-corrected chi connectivity index (χ0v) is 16.3. The minimum Gasteiger partial charge on any atom is -0.465 e. The molecule has 4 aromatic rings. The second kappa shape index (κ2) is 7.45. The van der Waals surface area contributed by atoms with Gasteiger partial charge in [-0.1, -0.05) is 29.0 Å². The van der Waals surface area contributed by atoms with E-state index in [1.165, 1.54) is 23.3 Å². The number of amides is 1. The Kier molecular flexibility index (Phi) is 4.84. The summed E-state index contributed by atoms with van der Waals surface area (Å²) in [4.78, 5) is 21.6. The van der Waals surface area contributed by atoms with Crippen LogP contribution in [0.3, 0.4) is 0 Å². The molecule has 0 radical (unpaired) electrons. The zero-order valence-electron chi connectivity index (χ0n) is 14.7. The molecule has 0 aliphatic carbocycles. The zero-order chi connectivity index (χ0) is 19.7. The number of H-pyrrole nitrogens is 1. The molecule has 10 heteroatoms. The van der Waals surface area contributed by atoms with Crippen LogP contribution in [0.25, 0.3) is 22.2 Å². The summed E-state index contributed by atoms with van der Waals surface area (Å²) >= 11 is 7.64. The first-order valence-corrected chi connectivity index (χ1v) is 9.45. The van der Waals surface area contributed by atoms with Crippen molar-refractivity contribution in [2.24, 2.45) is 0 Å². The Hall–Kier alpha value is -3.17. The first-order valence-electron chi connectivity index (χ1n) is 8.26. The number of carbonyl (C=O) groups is 1. The molecule has 0 saturated heterocycles. The number of hydrogen-bond donors (Lipinski definition) is 3. The fraction of sp³-hybridized carbons (Fsp3) is 0.111. The highest BCUT2D eigenvalue weighted by Gasteiger charge is 2.13. The van der Waals surface area contributed by atoms with E-state index in [-0.39, 0.29) is 6.54 Å². The molecule has 0 atom stereocenters. The summed E-state index contributed by atoms with van der Waals surface area (Å²) in [5.74, 6) is 0.622. The SMILES string of the molecule is CN(Cc1cnc(Nc2n[nH]c3ccc(-c4ncccc4Cl)cc23)s1)C(=O)O. The molecule has 0 aliphatic heterocycles. The maximum Gasteiger partial charge on any atom is 0.407 e. The lowest BCUT2D eigenvalue weighted by Crippen LogP contribution is -2.23. The van der Waals surface area contributed by atoms with Gasteiger partial charge in [-0.25, -0.2) is 9.78 Å². The highest BCUT2D eigenvalue weighted by atomic mass is 35.5. The smallest absolute Gasteiger partial charge is 0.407 e. The van der Waals surface area contributed by atoms with Gasteiger partial charge >= 0.3 is 6.09 Å². The second-order valence-electron chi connectivity index (χ2n) is 6.06. The van der Waals surface area contributed by atoms with Gasteiger partial charge in [0, 0.05) is 35.3 Å². The maximum atomic E-state index is 11.0. The van der Waals surface area contributed by atoms with Crippen LogP contribution in [0, 0.1) is 0 Å². The molecule has 0 bridgehead atoms. The maximum absolute atomic E-state index is 11.0. The molecular formula is C18H15ClN6O2S. The monoisotopic (exact) mass is 414 g/mol. The van der Waals surface area contributed by atoms with Crippen LogP contribution in [-0.4, -0.2) is 43.3 Å². The van der Waals surface area contributed by atoms with Crippen LogP contribution in [0.2, 0.25) is 5.02 Å². The normalized spacial score (nSPS) is 10.9. The van der Waals surface area contributed by atoms with Gasteiger partial charge in [0.15, 0.2) is 10.9 Å². The van der Waals surface area contributed by atoms with Crippen molar-refractivity contribution in [2.75, 3.05) is 12.4 Å². The minimum atomic E-state index is -0.984. The molecule has 28 heavy (non-hydrogen) atoms. The van der Waals surface area contributed by atoms with E-state index in [0.29, 0.717) is 21.7 Å². The molecule has 1 amide bonds. The summed E-state index contributed by atoms with van der Waals surface area (Å²) in [5, 5.41) is 21.5. The van der Waals surface area contributed by atoms with E-state index in [0.717, 1.165) is 21.3 Å². The first-order chi connectivity index (χ1) is 13.5. The number of thiazole rings is 1. The quantitative estimate of drug-likeness (QED) is 0.441. The summed E-state index contributed by atoms with van der Waals surface area (Å²) in [6.45, 7) is 0.276. The number of nitrogens with one attached hydrogen (secondary N) is 2. The molecule has 0 unspecified atom stereocenters. The molecule has 0 aliphatic rings. The van der Waals surface area contributed by atoms with E-state index in [1.807, 2.05) is 18.2 Å². The predicted octanol–water partition coefficient (Wildman–Crippen LogP) is 4.59. The largest absolute Gasteiger partial charge is 0.465 e. The second-order valence-corrected chi connectivity index (χ2v) is 7.58. The third kappa shape index (κ3) is 3.62. The van der Waals surface area contributed by atoms with E-state index in [1.54, 1.807) is 24.5 Å². The fourth-order valence-corrected chi connectivity index (χ4v) is 3.79. The molecule has 3 N–H and O–H groups in total. The van der Waals surface area contributed by atoms with Crippen LogP contribution >= 0.6 is 22.9 Å². The third-order valence-electron chi connectivity index (χ3n) is 4.09. The molecule has 0 saturated carbocycles. The minimum absolute atomic E-state index is 0.276. The number of carboxylic acid groups (broad SMARTS) is 1. The lowest BCUT2D eigenvalue weighted by Gasteiger charge is -2.09. The van der Waals surface area contributed by atoms with E-state index < -0.39 is 6.09 Å². The lowest BCUT2D eigenvalue weighted by molar-refractivity contribution is 0.154. The number of anilines is 2. The molecule has 8 nitrogen and oxygen atoms in total. The van der Waals surface area contributed by atoms with Crippen molar-refractivity contribution in [1.29, 1.82) is 0 Å². The van der Waals surface area contributed by atoms with E-state index >= 15 is 0 Å². The topological polar surface area (TPSA) is 107 Å². The van der Waals surface area contributed by atoms with Gasteiger partial charge in [-0.3, -0.25) is 10.1 Å². The summed E-state index contributed by atoms with van der Waals surface area (Å²) in [6, 6.07) is 9.40. The van der Waals surface area contributed by atoms with Crippen molar-refractivity contribution in [1.82, 2.24) is 25.1 Å². The Morgan fingerprint density at radius 3 is 3.00 bits per heavy atom. The van der Waals surface area contributed by atoms with E-state index in [4.69, 9.17) is 16.7 Å². The number of hydrogen-bond acceptors (Lipinski definition) is 6. The van der Waals surface area contributed by atoms with Crippen molar-refractivity contribution in [3.8, 4) is 11.3 Å². The first kappa shape index (κ1) is 18.2. The summed E-state index contributed by atoms with van der Waals surface area (Å²) in [7, 11) is 1.51. The van der Waals surface area contributed by atoms with Gasteiger partial charge in [-0.05, 0) is 24.3 Å². The molecule has 0 spiro atoms. The molecule has 1 aromatic carbocycles. The van der Waals surface area contributed by atoms with Gasteiger partial charge in [-0.15, -0.1) is 0 Å². The van der Waals surface area contributed by atoms with Crippen molar-refractivity contribution in [3.63, 3.8) is 0 Å². The highest BCUT2D eigenvalue weighted by molar-refractivity contribution is 7.15. The standard InChI is InChI=1S/C18H15ClN6O2S/c1-25(18(26)27)9-11-8-21-17(28-11)22-16-12-7-10(4-5-14(12)23-24-16)15-13(19)3-2-6-20-15/h2-8H,9H2,1H3,(H,26,27)(H2,21,22,23,24). The van der Waals surface area contributed by atoms with Gasteiger partial charge in [0.25, 0.3) is 0 Å². The van der Waals surface area contributed by atoms with Crippen molar-refractivity contribution in [2.45, 2.75) is 6.54 Å². The molecule has 4 rings (SSSR count). The molecular weight excluding hydrogens is 400 g/mol. The van der Waals surface area contributed by atoms with Crippen LogP contribution in [-0.2, 0) is 6.54 Å². The summed E-state index contributed by atoms with van der Waals surface area (Å²) in [6.07, 6.45) is 2.37. The Balaban J connectivity index is 1.61. The van der Waals surface area contributed by atoms with E-state index in [2.05, 4.69) is 25.5 Å². The Labute approximate surface area is 168 Å². The fourth-order valence-electron chi connectivity index (χ4n) is 2.70. The molecule has 3 heterocycles. The average molecular weight is 415 g/mol. The van der Waals surface area contributed by atoms with Crippen molar-refractivity contribution in [3.05, 3.63) is 52.6 Å². The number of pyridine rings is 1. The number of aromatic amines is 1. The van der Waals surface area contributed by atoms with Gasteiger partial charge in [-0.2, -0.15) is 5.10 Å². The number of rotatable bonds is 5. The summed E-state index contributed by atoms with van der Waals surface area (Å²) in [5.41, 5.74) is 2.44. The number of aromatic nitrogens is 4. The van der Waals surface area contributed by atoms with Crippen LogP contribution in [0.1, 0.15) is 4.88 Å². The summed E-state index contributed by atoms with van der Waals surface area (Å²) < 4.78 is 0. The van der Waals surface area contributed by atoms with Crippen LogP contribution < -0.4 is 5.32 Å².